The van der Waals surface area contributed by atoms with Gasteiger partial charge in [-0.05, 0) is 25.1 Å². The molecule has 0 aliphatic carbocycles. The standard InChI is InChI=1S/C13H18N4O/c1-3-14-8-11-5-6-15-13(7-11)18-12-9-16-17(4-2)10-12/h5-7,9-10,14H,3-4,8H2,1-2H3. The van der Waals surface area contributed by atoms with Crippen LogP contribution in [0, 0.1) is 0 Å². The molecule has 5 heteroatoms. The molecule has 0 fully saturated rings. The van der Waals surface area contributed by atoms with E-state index in [0.29, 0.717) is 11.6 Å². The Morgan fingerprint density at radius 2 is 2.28 bits per heavy atom. The fourth-order valence-electron chi connectivity index (χ4n) is 1.58. The summed E-state index contributed by atoms with van der Waals surface area (Å²) in [7, 11) is 0. The molecule has 5 nitrogen and oxygen atoms in total. The molecule has 2 heterocycles. The van der Waals surface area contributed by atoms with Crippen LogP contribution in [0.3, 0.4) is 0 Å². The molecule has 0 aliphatic rings. The Balaban J connectivity index is 2.04. The smallest absolute Gasteiger partial charge is 0.219 e. The number of aromatic nitrogens is 3. The van der Waals surface area contributed by atoms with Gasteiger partial charge in [0.2, 0.25) is 5.88 Å². The van der Waals surface area contributed by atoms with Crippen molar-refractivity contribution < 1.29 is 4.74 Å². The van der Waals surface area contributed by atoms with Gasteiger partial charge in [0.05, 0.1) is 12.4 Å². The van der Waals surface area contributed by atoms with E-state index in [1.165, 1.54) is 0 Å². The van der Waals surface area contributed by atoms with E-state index in [1.54, 1.807) is 12.4 Å². The molecule has 96 valence electrons. The van der Waals surface area contributed by atoms with Gasteiger partial charge in [-0.3, -0.25) is 4.68 Å². The molecule has 0 spiro atoms. The van der Waals surface area contributed by atoms with Gasteiger partial charge in [-0.1, -0.05) is 6.92 Å². The number of nitrogens with one attached hydrogen (secondary N) is 1. The first kappa shape index (κ1) is 12.6. The zero-order chi connectivity index (χ0) is 12.8. The summed E-state index contributed by atoms with van der Waals surface area (Å²) in [5, 5.41) is 7.42. The summed E-state index contributed by atoms with van der Waals surface area (Å²) in [4.78, 5) is 4.19. The Bertz CT molecular complexity index is 495. The van der Waals surface area contributed by atoms with Crippen molar-refractivity contribution in [3.8, 4) is 11.6 Å². The molecule has 2 aromatic heterocycles. The summed E-state index contributed by atoms with van der Waals surface area (Å²) in [6.07, 6.45) is 5.31. The van der Waals surface area contributed by atoms with Crippen LogP contribution in [-0.4, -0.2) is 21.3 Å². The van der Waals surface area contributed by atoms with Gasteiger partial charge in [0.25, 0.3) is 0 Å². The molecule has 2 aromatic rings. The molecule has 1 N–H and O–H groups in total. The number of rotatable bonds is 6. The van der Waals surface area contributed by atoms with Crippen molar-refractivity contribution in [3.63, 3.8) is 0 Å². The van der Waals surface area contributed by atoms with Crippen molar-refractivity contribution in [1.82, 2.24) is 20.1 Å². The average molecular weight is 246 g/mol. The van der Waals surface area contributed by atoms with Crippen molar-refractivity contribution in [2.45, 2.75) is 26.9 Å². The van der Waals surface area contributed by atoms with Crippen LogP contribution in [0.1, 0.15) is 19.4 Å². The first-order valence-corrected chi connectivity index (χ1v) is 6.17. The minimum atomic E-state index is 0.598. The largest absolute Gasteiger partial charge is 0.436 e. The van der Waals surface area contributed by atoms with Gasteiger partial charge < -0.3 is 10.1 Å². The van der Waals surface area contributed by atoms with Crippen LogP contribution in [0.4, 0.5) is 0 Å². The van der Waals surface area contributed by atoms with E-state index in [4.69, 9.17) is 4.74 Å². The van der Waals surface area contributed by atoms with Gasteiger partial charge in [0, 0.05) is 25.4 Å². The molecule has 0 aliphatic heterocycles. The van der Waals surface area contributed by atoms with E-state index in [2.05, 4.69) is 22.3 Å². The summed E-state index contributed by atoms with van der Waals surface area (Å²) in [6.45, 7) is 6.71. The molecule has 0 amide bonds. The lowest BCUT2D eigenvalue weighted by molar-refractivity contribution is 0.460. The summed E-state index contributed by atoms with van der Waals surface area (Å²) in [5.41, 5.74) is 1.16. The van der Waals surface area contributed by atoms with E-state index < -0.39 is 0 Å². The van der Waals surface area contributed by atoms with Crippen molar-refractivity contribution in [1.29, 1.82) is 0 Å². The minimum absolute atomic E-state index is 0.598. The van der Waals surface area contributed by atoms with Gasteiger partial charge in [0.15, 0.2) is 5.75 Å². The van der Waals surface area contributed by atoms with Gasteiger partial charge in [-0.25, -0.2) is 4.98 Å². The molecule has 0 aromatic carbocycles. The molecular weight excluding hydrogens is 228 g/mol. The Labute approximate surface area is 107 Å². The van der Waals surface area contributed by atoms with Crippen molar-refractivity contribution in [2.75, 3.05) is 6.54 Å². The second-order valence-corrected chi connectivity index (χ2v) is 3.92. The minimum Gasteiger partial charge on any atom is -0.436 e. The third kappa shape index (κ3) is 3.30. The molecule has 0 saturated heterocycles. The third-order valence-corrected chi connectivity index (χ3v) is 2.53. The van der Waals surface area contributed by atoms with E-state index >= 15 is 0 Å². The summed E-state index contributed by atoms with van der Waals surface area (Å²) in [5.74, 6) is 1.31. The number of aryl methyl sites for hydroxylation is 1. The predicted octanol–water partition coefficient (Wildman–Crippen LogP) is 2.20. The maximum absolute atomic E-state index is 5.66. The molecule has 0 saturated carbocycles. The number of hydrogen-bond donors (Lipinski definition) is 1. The molecule has 0 atom stereocenters. The van der Waals surface area contributed by atoms with Gasteiger partial charge in [0.1, 0.15) is 0 Å². The average Bonchev–Trinajstić information content (AvgIpc) is 2.84. The van der Waals surface area contributed by atoms with E-state index in [-0.39, 0.29) is 0 Å². The van der Waals surface area contributed by atoms with Crippen molar-refractivity contribution in [2.24, 2.45) is 0 Å². The zero-order valence-electron chi connectivity index (χ0n) is 10.8. The SMILES string of the molecule is CCNCc1ccnc(Oc2cnn(CC)c2)c1. The molecule has 0 radical (unpaired) electrons. The molecule has 2 rings (SSSR count). The highest BCUT2D eigenvalue weighted by Gasteiger charge is 2.02. The number of nitrogens with zero attached hydrogens (tertiary/aromatic N) is 3. The molecular formula is C13H18N4O. The number of pyridine rings is 1. The summed E-state index contributed by atoms with van der Waals surface area (Å²) in [6, 6.07) is 3.91. The second-order valence-electron chi connectivity index (χ2n) is 3.92. The highest BCUT2D eigenvalue weighted by molar-refractivity contribution is 5.25. The topological polar surface area (TPSA) is 52.0 Å². The predicted molar refractivity (Wildman–Crippen MR) is 69.6 cm³/mol. The van der Waals surface area contributed by atoms with Crippen LogP contribution >= 0.6 is 0 Å². The van der Waals surface area contributed by atoms with Crippen LogP contribution in [-0.2, 0) is 13.1 Å². The lowest BCUT2D eigenvalue weighted by atomic mass is 10.2. The fraction of sp³-hybridized carbons (Fsp3) is 0.385. The van der Waals surface area contributed by atoms with E-state index in [9.17, 15) is 0 Å². The van der Waals surface area contributed by atoms with E-state index in [1.807, 2.05) is 29.9 Å². The van der Waals surface area contributed by atoms with Gasteiger partial charge in [-0.2, -0.15) is 5.10 Å². The maximum Gasteiger partial charge on any atom is 0.219 e. The monoisotopic (exact) mass is 246 g/mol. The Hall–Kier alpha value is -1.88. The molecule has 0 bridgehead atoms. The summed E-state index contributed by atoms with van der Waals surface area (Å²) < 4.78 is 7.48. The van der Waals surface area contributed by atoms with Crippen molar-refractivity contribution in [3.05, 3.63) is 36.3 Å². The van der Waals surface area contributed by atoms with Crippen LogP contribution in [0.5, 0.6) is 11.6 Å². The molecule has 0 unspecified atom stereocenters. The molecule has 18 heavy (non-hydrogen) atoms. The quantitative estimate of drug-likeness (QED) is 0.849. The first-order chi connectivity index (χ1) is 8.81. The normalized spacial score (nSPS) is 10.6. The number of hydrogen-bond acceptors (Lipinski definition) is 4. The Morgan fingerprint density at radius 3 is 3.00 bits per heavy atom. The highest BCUT2D eigenvalue weighted by Crippen LogP contribution is 2.19. The van der Waals surface area contributed by atoms with Gasteiger partial charge in [-0.15, -0.1) is 0 Å². The van der Waals surface area contributed by atoms with Crippen LogP contribution < -0.4 is 10.1 Å². The van der Waals surface area contributed by atoms with Crippen molar-refractivity contribution >= 4 is 0 Å². The van der Waals surface area contributed by atoms with Crippen LogP contribution in [0.25, 0.3) is 0 Å². The maximum atomic E-state index is 5.66. The first-order valence-electron chi connectivity index (χ1n) is 6.17. The lowest BCUT2D eigenvalue weighted by Gasteiger charge is -2.05. The Kier molecular flexibility index (Phi) is 4.30. The lowest BCUT2D eigenvalue weighted by Crippen LogP contribution is -2.11. The van der Waals surface area contributed by atoms with Crippen LogP contribution in [0.2, 0.25) is 0 Å². The van der Waals surface area contributed by atoms with Gasteiger partial charge >= 0.3 is 0 Å². The number of ether oxygens (including phenoxy) is 1. The Morgan fingerprint density at radius 1 is 1.39 bits per heavy atom. The second kappa shape index (κ2) is 6.16. The fourth-order valence-corrected chi connectivity index (χ4v) is 1.58. The van der Waals surface area contributed by atoms with Crippen LogP contribution in [0.15, 0.2) is 30.7 Å². The van der Waals surface area contributed by atoms with E-state index in [0.717, 1.165) is 25.2 Å². The highest BCUT2D eigenvalue weighted by atomic mass is 16.5. The zero-order valence-corrected chi connectivity index (χ0v) is 10.8. The third-order valence-electron chi connectivity index (χ3n) is 2.53. The summed E-state index contributed by atoms with van der Waals surface area (Å²) >= 11 is 0.